The van der Waals surface area contributed by atoms with Gasteiger partial charge in [0.25, 0.3) is 0 Å². The second kappa shape index (κ2) is 9.56. The number of aliphatic hydroxyl groups is 1. The summed E-state index contributed by atoms with van der Waals surface area (Å²) in [5.41, 5.74) is 2.04. The third-order valence-corrected chi connectivity index (χ3v) is 3.56. The number of aryl methyl sites for hydroxylation is 1. The molecule has 4 heteroatoms. The molecule has 2 rings (SSSR count). The number of hydrogen-bond donors (Lipinski definition) is 2. The lowest BCUT2D eigenvalue weighted by Crippen LogP contribution is -2.37. The van der Waals surface area contributed by atoms with E-state index in [1.165, 1.54) is 0 Å². The van der Waals surface area contributed by atoms with Crippen molar-refractivity contribution in [1.82, 2.24) is 5.32 Å². The van der Waals surface area contributed by atoms with Crippen LogP contribution in [-0.4, -0.2) is 23.8 Å². The molecular formula is C19H26ClNO2. The maximum absolute atomic E-state index is 10.6. The Morgan fingerprint density at radius 1 is 1.00 bits per heavy atom. The minimum atomic E-state index is -0.621. The molecule has 0 aliphatic carbocycles. The van der Waals surface area contributed by atoms with Crippen LogP contribution >= 0.6 is 12.4 Å². The highest BCUT2D eigenvalue weighted by Gasteiger charge is 2.23. The second-order valence-electron chi connectivity index (χ2n) is 5.84. The fourth-order valence-electron chi connectivity index (χ4n) is 2.30. The van der Waals surface area contributed by atoms with Gasteiger partial charge in [-0.3, -0.25) is 0 Å². The molecule has 0 bridgehead atoms. The third-order valence-electron chi connectivity index (χ3n) is 3.56. The molecule has 0 saturated heterocycles. The van der Waals surface area contributed by atoms with E-state index in [9.17, 15) is 5.11 Å². The zero-order valence-corrected chi connectivity index (χ0v) is 14.7. The Balaban J connectivity index is 0.00000264. The zero-order valence-electron chi connectivity index (χ0n) is 13.9. The van der Waals surface area contributed by atoms with Crippen molar-refractivity contribution in [3.8, 4) is 5.75 Å². The molecule has 0 heterocycles. The van der Waals surface area contributed by atoms with Crippen LogP contribution in [0.25, 0.3) is 0 Å². The minimum absolute atomic E-state index is 0. The van der Waals surface area contributed by atoms with Gasteiger partial charge in [-0.25, -0.2) is 0 Å². The molecule has 0 aliphatic heterocycles. The van der Waals surface area contributed by atoms with Gasteiger partial charge in [0.05, 0.1) is 0 Å². The fraction of sp³-hybridized carbons (Fsp3) is 0.368. The van der Waals surface area contributed by atoms with E-state index in [1.807, 2.05) is 61.5 Å². The molecule has 0 radical (unpaired) electrons. The molecule has 0 aromatic heterocycles. The molecular weight excluding hydrogens is 310 g/mol. The zero-order chi connectivity index (χ0) is 15.9. The molecule has 2 aromatic carbocycles. The number of rotatable bonds is 7. The van der Waals surface area contributed by atoms with Crippen molar-refractivity contribution in [2.24, 2.45) is 0 Å². The number of hydrogen-bond acceptors (Lipinski definition) is 3. The standard InChI is InChI=1S/C19H25NO2.ClH/c1-14(2)20-13-17(21)19(16-10-5-4-6-11-16)22-18-12-8-7-9-15(18)3;/h4-12,14,17,19-21H,13H2,1-3H3;1H. The number of ether oxygens (including phenoxy) is 1. The molecule has 0 amide bonds. The molecule has 2 unspecified atom stereocenters. The van der Waals surface area contributed by atoms with Crippen LogP contribution in [0.15, 0.2) is 54.6 Å². The smallest absolute Gasteiger partial charge is 0.151 e. The molecule has 2 atom stereocenters. The van der Waals surface area contributed by atoms with Crippen molar-refractivity contribution in [3.05, 3.63) is 65.7 Å². The predicted molar refractivity (Wildman–Crippen MR) is 97.4 cm³/mol. The average molecular weight is 336 g/mol. The van der Waals surface area contributed by atoms with Gasteiger partial charge in [0, 0.05) is 12.6 Å². The van der Waals surface area contributed by atoms with Crippen LogP contribution < -0.4 is 10.1 Å². The highest BCUT2D eigenvalue weighted by molar-refractivity contribution is 5.85. The van der Waals surface area contributed by atoms with Crippen molar-refractivity contribution in [2.45, 2.75) is 39.0 Å². The first kappa shape index (κ1) is 19.5. The van der Waals surface area contributed by atoms with Gasteiger partial charge in [0.2, 0.25) is 0 Å². The van der Waals surface area contributed by atoms with E-state index in [0.717, 1.165) is 16.9 Å². The van der Waals surface area contributed by atoms with E-state index in [0.29, 0.717) is 12.6 Å². The van der Waals surface area contributed by atoms with Gasteiger partial charge in [-0.2, -0.15) is 0 Å². The molecule has 0 aliphatic rings. The number of nitrogens with one attached hydrogen (secondary N) is 1. The van der Waals surface area contributed by atoms with Gasteiger partial charge in [-0.1, -0.05) is 62.4 Å². The summed E-state index contributed by atoms with van der Waals surface area (Å²) >= 11 is 0. The van der Waals surface area contributed by atoms with Gasteiger partial charge in [0.15, 0.2) is 6.10 Å². The lowest BCUT2D eigenvalue weighted by Gasteiger charge is -2.26. The van der Waals surface area contributed by atoms with Crippen molar-refractivity contribution >= 4 is 12.4 Å². The molecule has 126 valence electrons. The molecule has 3 nitrogen and oxygen atoms in total. The predicted octanol–water partition coefficient (Wildman–Crippen LogP) is 3.90. The lowest BCUT2D eigenvalue weighted by atomic mass is 10.0. The summed E-state index contributed by atoms with van der Waals surface area (Å²) in [6.07, 6.45) is -1.02. The average Bonchev–Trinajstić information content (AvgIpc) is 2.52. The van der Waals surface area contributed by atoms with E-state index in [1.54, 1.807) is 0 Å². The molecule has 2 aromatic rings. The first-order valence-corrected chi connectivity index (χ1v) is 7.76. The summed E-state index contributed by atoms with van der Waals surface area (Å²) in [6.45, 7) is 6.62. The van der Waals surface area contributed by atoms with E-state index in [2.05, 4.69) is 19.2 Å². The normalized spacial score (nSPS) is 13.3. The molecule has 0 fully saturated rings. The summed E-state index contributed by atoms with van der Waals surface area (Å²) in [7, 11) is 0. The van der Waals surface area contributed by atoms with Crippen molar-refractivity contribution in [2.75, 3.05) is 6.54 Å². The van der Waals surface area contributed by atoms with E-state index < -0.39 is 12.2 Å². The number of para-hydroxylation sites is 1. The molecule has 23 heavy (non-hydrogen) atoms. The van der Waals surface area contributed by atoms with Crippen LogP contribution in [0.2, 0.25) is 0 Å². The molecule has 0 spiro atoms. The Morgan fingerprint density at radius 2 is 1.61 bits per heavy atom. The van der Waals surface area contributed by atoms with E-state index in [-0.39, 0.29) is 12.4 Å². The first-order chi connectivity index (χ1) is 10.6. The van der Waals surface area contributed by atoms with E-state index in [4.69, 9.17) is 4.74 Å². The van der Waals surface area contributed by atoms with Gasteiger partial charge in [-0.05, 0) is 24.1 Å². The van der Waals surface area contributed by atoms with Gasteiger partial charge < -0.3 is 15.2 Å². The van der Waals surface area contributed by atoms with Crippen molar-refractivity contribution < 1.29 is 9.84 Å². The summed E-state index contributed by atoms with van der Waals surface area (Å²) in [5.74, 6) is 0.806. The van der Waals surface area contributed by atoms with E-state index >= 15 is 0 Å². The van der Waals surface area contributed by atoms with Crippen LogP contribution in [0.1, 0.15) is 31.1 Å². The largest absolute Gasteiger partial charge is 0.483 e. The number of benzene rings is 2. The highest BCUT2D eigenvalue weighted by Crippen LogP contribution is 2.27. The van der Waals surface area contributed by atoms with Crippen LogP contribution in [0, 0.1) is 6.92 Å². The quantitative estimate of drug-likeness (QED) is 0.806. The monoisotopic (exact) mass is 335 g/mol. The Hall–Kier alpha value is -1.55. The van der Waals surface area contributed by atoms with Crippen LogP contribution in [-0.2, 0) is 0 Å². The lowest BCUT2D eigenvalue weighted by molar-refractivity contribution is 0.0342. The third kappa shape index (κ3) is 5.87. The van der Waals surface area contributed by atoms with Crippen LogP contribution in [0.4, 0.5) is 0 Å². The maximum atomic E-state index is 10.6. The maximum Gasteiger partial charge on any atom is 0.151 e. The van der Waals surface area contributed by atoms with Crippen LogP contribution in [0.5, 0.6) is 5.75 Å². The van der Waals surface area contributed by atoms with Gasteiger partial charge in [-0.15, -0.1) is 12.4 Å². The Bertz CT molecular complexity index is 575. The van der Waals surface area contributed by atoms with Crippen LogP contribution in [0.3, 0.4) is 0 Å². The summed E-state index contributed by atoms with van der Waals surface area (Å²) in [4.78, 5) is 0. The second-order valence-corrected chi connectivity index (χ2v) is 5.84. The molecule has 2 N–H and O–H groups in total. The van der Waals surface area contributed by atoms with Crippen molar-refractivity contribution in [1.29, 1.82) is 0 Å². The van der Waals surface area contributed by atoms with Gasteiger partial charge >= 0.3 is 0 Å². The highest BCUT2D eigenvalue weighted by atomic mass is 35.5. The van der Waals surface area contributed by atoms with Gasteiger partial charge in [0.1, 0.15) is 11.9 Å². The number of halogens is 1. The Morgan fingerprint density at radius 3 is 2.22 bits per heavy atom. The fourth-order valence-corrected chi connectivity index (χ4v) is 2.30. The summed E-state index contributed by atoms with van der Waals surface area (Å²) in [6, 6.07) is 18.1. The Labute approximate surface area is 145 Å². The first-order valence-electron chi connectivity index (χ1n) is 7.76. The minimum Gasteiger partial charge on any atom is -0.483 e. The Kier molecular flexibility index (Phi) is 8.10. The topological polar surface area (TPSA) is 41.5 Å². The number of aliphatic hydroxyl groups excluding tert-OH is 1. The molecule has 0 saturated carbocycles. The van der Waals surface area contributed by atoms with Crippen molar-refractivity contribution in [3.63, 3.8) is 0 Å². The summed E-state index contributed by atoms with van der Waals surface area (Å²) in [5, 5.41) is 13.8. The SMILES string of the molecule is Cc1ccccc1OC(c1ccccc1)C(O)CNC(C)C.Cl. The summed E-state index contributed by atoms with van der Waals surface area (Å²) < 4.78 is 6.14.